The van der Waals surface area contributed by atoms with E-state index in [2.05, 4.69) is 15.8 Å². The average molecular weight is 346 g/mol. The molecule has 2 amide bonds. The van der Waals surface area contributed by atoms with Gasteiger partial charge in [-0.15, -0.1) is 0 Å². The molecule has 0 spiro atoms. The molecule has 0 aliphatic carbocycles. The first-order chi connectivity index (χ1) is 11.6. The van der Waals surface area contributed by atoms with E-state index < -0.39 is 11.8 Å². The van der Waals surface area contributed by atoms with Crippen LogP contribution in [-0.4, -0.2) is 24.8 Å². The van der Waals surface area contributed by atoms with Crippen molar-refractivity contribution >= 4 is 35.3 Å². The first-order valence-corrected chi connectivity index (χ1v) is 7.30. The van der Waals surface area contributed by atoms with E-state index >= 15 is 0 Å². The summed E-state index contributed by atoms with van der Waals surface area (Å²) in [6.07, 6.45) is 1.36. The summed E-state index contributed by atoms with van der Waals surface area (Å²) in [5.41, 5.74) is 3.17. The van der Waals surface area contributed by atoms with Crippen molar-refractivity contribution in [3.05, 3.63) is 53.1 Å². The largest absolute Gasteiger partial charge is 0.454 e. The molecule has 1 aliphatic rings. The summed E-state index contributed by atoms with van der Waals surface area (Å²) in [6, 6.07) is 11.8. The van der Waals surface area contributed by atoms with Crippen LogP contribution in [-0.2, 0) is 9.59 Å². The molecule has 0 saturated heterocycles. The molecule has 2 aromatic carbocycles. The second-order valence-electron chi connectivity index (χ2n) is 4.74. The van der Waals surface area contributed by atoms with Gasteiger partial charge >= 0.3 is 11.8 Å². The van der Waals surface area contributed by atoms with Gasteiger partial charge in [0.25, 0.3) is 0 Å². The number of hydrazone groups is 1. The number of anilines is 1. The van der Waals surface area contributed by atoms with Crippen LogP contribution in [0.2, 0.25) is 5.02 Å². The van der Waals surface area contributed by atoms with E-state index in [-0.39, 0.29) is 6.79 Å². The maximum atomic E-state index is 11.8. The zero-order chi connectivity index (χ0) is 16.9. The Kier molecular flexibility index (Phi) is 4.62. The Bertz CT molecular complexity index is 823. The minimum atomic E-state index is -0.907. The van der Waals surface area contributed by atoms with Gasteiger partial charge in [0.05, 0.1) is 6.21 Å². The molecule has 24 heavy (non-hydrogen) atoms. The molecule has 0 bridgehead atoms. The Morgan fingerprint density at radius 3 is 2.71 bits per heavy atom. The lowest BCUT2D eigenvalue weighted by Crippen LogP contribution is -2.32. The number of carbonyl (C=O) groups is 2. The Morgan fingerprint density at radius 1 is 1.08 bits per heavy atom. The smallest absolute Gasteiger partial charge is 0.329 e. The highest BCUT2D eigenvalue weighted by Crippen LogP contribution is 2.34. The van der Waals surface area contributed by atoms with E-state index in [1.54, 1.807) is 42.5 Å². The van der Waals surface area contributed by atoms with Crippen LogP contribution < -0.4 is 20.2 Å². The number of fused-ring (bicyclic) bond motifs is 1. The van der Waals surface area contributed by atoms with E-state index in [1.165, 1.54) is 6.21 Å². The predicted octanol–water partition coefficient (Wildman–Crippen LogP) is 2.16. The number of carbonyl (C=O) groups excluding carboxylic acids is 2. The summed E-state index contributed by atoms with van der Waals surface area (Å²) in [7, 11) is 0. The number of benzene rings is 2. The van der Waals surface area contributed by atoms with Crippen LogP contribution in [0.15, 0.2) is 47.6 Å². The van der Waals surface area contributed by atoms with Crippen LogP contribution in [0.4, 0.5) is 5.69 Å². The van der Waals surface area contributed by atoms with Crippen LogP contribution in [0, 0.1) is 0 Å². The molecule has 0 atom stereocenters. The molecule has 3 rings (SSSR count). The molecular weight excluding hydrogens is 334 g/mol. The summed E-state index contributed by atoms with van der Waals surface area (Å²) >= 11 is 5.95. The molecule has 1 heterocycles. The lowest BCUT2D eigenvalue weighted by atomic mass is 10.2. The lowest BCUT2D eigenvalue weighted by molar-refractivity contribution is -0.136. The Balaban J connectivity index is 1.57. The van der Waals surface area contributed by atoms with Gasteiger partial charge in [-0.05, 0) is 18.2 Å². The third-order valence-corrected chi connectivity index (χ3v) is 3.46. The molecule has 8 heteroatoms. The van der Waals surface area contributed by atoms with Crippen molar-refractivity contribution < 1.29 is 19.1 Å². The maximum Gasteiger partial charge on any atom is 0.329 e. The van der Waals surface area contributed by atoms with Crippen molar-refractivity contribution in [2.75, 3.05) is 12.1 Å². The molecule has 2 N–H and O–H groups in total. The van der Waals surface area contributed by atoms with E-state index in [1.807, 2.05) is 0 Å². The maximum absolute atomic E-state index is 11.8. The van der Waals surface area contributed by atoms with E-state index in [9.17, 15) is 9.59 Å². The average Bonchev–Trinajstić information content (AvgIpc) is 3.04. The zero-order valence-corrected chi connectivity index (χ0v) is 13.0. The fraction of sp³-hybridized carbons (Fsp3) is 0.0625. The third kappa shape index (κ3) is 3.64. The van der Waals surface area contributed by atoms with Crippen molar-refractivity contribution in [2.24, 2.45) is 5.10 Å². The van der Waals surface area contributed by atoms with Crippen molar-refractivity contribution in [1.82, 2.24) is 5.43 Å². The highest BCUT2D eigenvalue weighted by molar-refractivity contribution is 6.39. The summed E-state index contributed by atoms with van der Waals surface area (Å²) in [5.74, 6) is -0.673. The fourth-order valence-corrected chi connectivity index (χ4v) is 2.14. The molecular formula is C16H12ClN3O4. The van der Waals surface area contributed by atoms with Crippen LogP contribution in [0.1, 0.15) is 5.56 Å². The fourth-order valence-electron chi connectivity index (χ4n) is 1.95. The molecule has 7 nitrogen and oxygen atoms in total. The van der Waals surface area contributed by atoms with Gasteiger partial charge in [-0.2, -0.15) is 5.10 Å². The van der Waals surface area contributed by atoms with Crippen molar-refractivity contribution in [3.8, 4) is 11.5 Å². The molecule has 2 aromatic rings. The van der Waals surface area contributed by atoms with E-state index in [0.717, 1.165) is 0 Å². The molecule has 1 aliphatic heterocycles. The number of amides is 2. The second-order valence-corrected chi connectivity index (χ2v) is 5.15. The van der Waals surface area contributed by atoms with Crippen LogP contribution in [0.5, 0.6) is 11.5 Å². The number of nitrogens with zero attached hydrogens (tertiary/aromatic N) is 1. The molecule has 0 aromatic heterocycles. The summed E-state index contributed by atoms with van der Waals surface area (Å²) < 4.78 is 10.4. The predicted molar refractivity (Wildman–Crippen MR) is 88.4 cm³/mol. The number of hydrogen-bond acceptors (Lipinski definition) is 5. The van der Waals surface area contributed by atoms with Gasteiger partial charge in [0.2, 0.25) is 6.79 Å². The number of rotatable bonds is 3. The van der Waals surface area contributed by atoms with Crippen molar-refractivity contribution in [3.63, 3.8) is 0 Å². The number of nitrogens with one attached hydrogen (secondary N) is 2. The number of hydrogen-bond donors (Lipinski definition) is 2. The second kappa shape index (κ2) is 7.01. The van der Waals surface area contributed by atoms with E-state index in [4.69, 9.17) is 21.1 Å². The van der Waals surface area contributed by atoms with Gasteiger partial charge in [0, 0.05) is 22.3 Å². The van der Waals surface area contributed by atoms with Crippen LogP contribution >= 0.6 is 11.6 Å². The highest BCUT2D eigenvalue weighted by atomic mass is 35.5. The van der Waals surface area contributed by atoms with Gasteiger partial charge < -0.3 is 14.8 Å². The van der Waals surface area contributed by atoms with Gasteiger partial charge in [0.1, 0.15) is 0 Å². The number of ether oxygens (including phenoxy) is 2. The van der Waals surface area contributed by atoms with Gasteiger partial charge in [-0.1, -0.05) is 29.8 Å². The number of halogens is 1. The monoisotopic (exact) mass is 345 g/mol. The molecule has 0 unspecified atom stereocenters. The summed E-state index contributed by atoms with van der Waals surface area (Å²) in [6.45, 7) is 0.129. The Hall–Kier alpha value is -3.06. The molecule has 0 saturated carbocycles. The van der Waals surface area contributed by atoms with Crippen molar-refractivity contribution in [1.29, 1.82) is 0 Å². The lowest BCUT2D eigenvalue weighted by Gasteiger charge is -2.05. The van der Waals surface area contributed by atoms with Gasteiger partial charge in [-0.3, -0.25) is 9.59 Å². The first kappa shape index (κ1) is 15.8. The Morgan fingerprint density at radius 2 is 1.88 bits per heavy atom. The first-order valence-electron chi connectivity index (χ1n) is 6.92. The van der Waals surface area contributed by atoms with Crippen LogP contribution in [0.3, 0.4) is 0 Å². The zero-order valence-electron chi connectivity index (χ0n) is 12.3. The molecule has 122 valence electrons. The SMILES string of the molecule is O=C(N/N=C\c1ccccc1Cl)C(=O)Nc1ccc2c(c1)OCO2. The minimum absolute atomic E-state index is 0.129. The van der Waals surface area contributed by atoms with Crippen LogP contribution in [0.25, 0.3) is 0 Å². The quantitative estimate of drug-likeness (QED) is 0.507. The van der Waals surface area contributed by atoms with Gasteiger partial charge in [0.15, 0.2) is 11.5 Å². The highest BCUT2D eigenvalue weighted by Gasteiger charge is 2.17. The van der Waals surface area contributed by atoms with Gasteiger partial charge in [-0.25, -0.2) is 5.43 Å². The molecule has 0 fully saturated rings. The van der Waals surface area contributed by atoms with Crippen molar-refractivity contribution in [2.45, 2.75) is 0 Å². The normalized spacial score (nSPS) is 12.2. The summed E-state index contributed by atoms with van der Waals surface area (Å²) in [5, 5.41) is 6.64. The minimum Gasteiger partial charge on any atom is -0.454 e. The summed E-state index contributed by atoms with van der Waals surface area (Å²) in [4.78, 5) is 23.6. The topological polar surface area (TPSA) is 89.0 Å². The van der Waals surface area contributed by atoms with E-state index in [0.29, 0.717) is 27.8 Å². The Labute approximate surface area is 142 Å². The third-order valence-electron chi connectivity index (χ3n) is 3.11. The standard InChI is InChI=1S/C16H12ClN3O4/c17-12-4-2-1-3-10(12)8-18-20-16(22)15(21)19-11-5-6-13-14(7-11)24-9-23-13/h1-8H,9H2,(H,19,21)(H,20,22)/b18-8-. The molecule has 0 radical (unpaired) electrons.